The first-order valence-corrected chi connectivity index (χ1v) is 6.50. The van der Waals surface area contributed by atoms with E-state index in [0.29, 0.717) is 19.5 Å². The summed E-state index contributed by atoms with van der Waals surface area (Å²) >= 11 is -0.128. The van der Waals surface area contributed by atoms with Crippen LogP contribution in [0, 0.1) is 12.3 Å². The van der Waals surface area contributed by atoms with Gasteiger partial charge in [-0.2, -0.15) is 13.2 Å². The number of nitrogens with two attached hydrogens (primary N) is 1. The number of rotatable bonds is 6. The first-order valence-electron chi connectivity index (χ1n) is 5.69. The molecule has 19 heavy (non-hydrogen) atoms. The van der Waals surface area contributed by atoms with Crippen molar-refractivity contribution in [3.63, 3.8) is 0 Å². The standard InChI is InChI=1S/C13H15F3N2S/c1-2-3-8-18-12(9-17)10-4-6-11(7-5-10)19-13(14,15)16/h1,4-7,12,18H,3,8-9,17H2. The molecule has 0 saturated heterocycles. The smallest absolute Gasteiger partial charge is 0.329 e. The van der Waals surface area contributed by atoms with E-state index in [1.807, 2.05) is 0 Å². The van der Waals surface area contributed by atoms with E-state index in [9.17, 15) is 13.2 Å². The highest BCUT2D eigenvalue weighted by atomic mass is 32.2. The summed E-state index contributed by atoms with van der Waals surface area (Å²) in [6, 6.07) is 6.08. The van der Waals surface area contributed by atoms with Gasteiger partial charge in [-0.25, -0.2) is 0 Å². The predicted octanol–water partition coefficient (Wildman–Crippen LogP) is 2.91. The molecule has 0 heterocycles. The molecule has 1 rings (SSSR count). The van der Waals surface area contributed by atoms with E-state index < -0.39 is 5.51 Å². The van der Waals surface area contributed by atoms with Crippen LogP contribution in [-0.4, -0.2) is 18.6 Å². The van der Waals surface area contributed by atoms with Crippen LogP contribution in [-0.2, 0) is 0 Å². The summed E-state index contributed by atoms with van der Waals surface area (Å²) in [4.78, 5) is 0.163. The zero-order valence-electron chi connectivity index (χ0n) is 10.2. The van der Waals surface area contributed by atoms with E-state index in [1.54, 1.807) is 12.1 Å². The quantitative estimate of drug-likeness (QED) is 0.480. The van der Waals surface area contributed by atoms with Crippen molar-refractivity contribution in [1.29, 1.82) is 0 Å². The van der Waals surface area contributed by atoms with Crippen LogP contribution in [0.3, 0.4) is 0 Å². The van der Waals surface area contributed by atoms with Crippen molar-refractivity contribution in [2.75, 3.05) is 13.1 Å². The van der Waals surface area contributed by atoms with Gasteiger partial charge >= 0.3 is 5.51 Å². The lowest BCUT2D eigenvalue weighted by Gasteiger charge is -2.17. The average Bonchev–Trinajstić information content (AvgIpc) is 2.34. The van der Waals surface area contributed by atoms with Crippen molar-refractivity contribution >= 4 is 11.8 Å². The first-order chi connectivity index (χ1) is 8.96. The fourth-order valence-corrected chi connectivity index (χ4v) is 2.10. The van der Waals surface area contributed by atoms with Crippen LogP contribution < -0.4 is 11.1 Å². The second-order valence-corrected chi connectivity index (χ2v) is 4.95. The molecule has 0 aromatic heterocycles. The Morgan fingerprint density at radius 2 is 1.95 bits per heavy atom. The Kier molecular flexibility index (Phi) is 6.22. The van der Waals surface area contributed by atoms with Crippen LogP contribution in [0.1, 0.15) is 18.0 Å². The van der Waals surface area contributed by atoms with Crippen molar-refractivity contribution in [1.82, 2.24) is 5.32 Å². The molecule has 104 valence electrons. The van der Waals surface area contributed by atoms with Crippen LogP contribution in [0.4, 0.5) is 13.2 Å². The van der Waals surface area contributed by atoms with Gasteiger partial charge in [-0.3, -0.25) is 0 Å². The molecule has 3 N–H and O–H groups in total. The molecule has 1 aromatic carbocycles. The molecule has 0 fully saturated rings. The summed E-state index contributed by atoms with van der Waals surface area (Å²) in [5.74, 6) is 2.50. The third-order valence-electron chi connectivity index (χ3n) is 2.41. The Hall–Kier alpha value is -1.16. The molecule has 1 atom stereocenters. The van der Waals surface area contributed by atoms with Gasteiger partial charge in [-0.15, -0.1) is 12.3 Å². The molecule has 1 unspecified atom stereocenters. The van der Waals surface area contributed by atoms with Crippen LogP contribution in [0.2, 0.25) is 0 Å². The zero-order chi connectivity index (χ0) is 14.3. The number of hydrogen-bond donors (Lipinski definition) is 2. The van der Waals surface area contributed by atoms with Gasteiger partial charge in [0.1, 0.15) is 0 Å². The van der Waals surface area contributed by atoms with Crippen LogP contribution in [0.25, 0.3) is 0 Å². The van der Waals surface area contributed by atoms with Crippen molar-refractivity contribution < 1.29 is 13.2 Å². The van der Waals surface area contributed by atoms with Gasteiger partial charge in [-0.1, -0.05) is 12.1 Å². The van der Waals surface area contributed by atoms with Gasteiger partial charge in [-0.05, 0) is 29.5 Å². The molecule has 0 aliphatic heterocycles. The Morgan fingerprint density at radius 1 is 1.32 bits per heavy atom. The molecule has 1 aromatic rings. The van der Waals surface area contributed by atoms with E-state index >= 15 is 0 Å². The van der Waals surface area contributed by atoms with Gasteiger partial charge in [0.2, 0.25) is 0 Å². The number of halogens is 3. The predicted molar refractivity (Wildman–Crippen MR) is 71.6 cm³/mol. The van der Waals surface area contributed by atoms with Crippen molar-refractivity contribution in [2.24, 2.45) is 5.73 Å². The fraction of sp³-hybridized carbons (Fsp3) is 0.385. The van der Waals surface area contributed by atoms with Gasteiger partial charge in [0.25, 0.3) is 0 Å². The minimum Gasteiger partial charge on any atom is -0.329 e. The highest BCUT2D eigenvalue weighted by Crippen LogP contribution is 2.36. The van der Waals surface area contributed by atoms with E-state index in [-0.39, 0.29) is 22.7 Å². The fourth-order valence-electron chi connectivity index (χ4n) is 1.56. The Morgan fingerprint density at radius 3 is 2.42 bits per heavy atom. The monoisotopic (exact) mass is 288 g/mol. The molecular weight excluding hydrogens is 273 g/mol. The second-order valence-electron chi connectivity index (χ2n) is 3.81. The molecule has 0 radical (unpaired) electrons. The maximum atomic E-state index is 12.2. The number of thioether (sulfide) groups is 1. The highest BCUT2D eigenvalue weighted by molar-refractivity contribution is 8.00. The third-order valence-corrected chi connectivity index (χ3v) is 3.15. The number of benzene rings is 1. The summed E-state index contributed by atoms with van der Waals surface area (Å²) in [6.07, 6.45) is 5.72. The average molecular weight is 288 g/mol. The summed E-state index contributed by atoms with van der Waals surface area (Å²) in [7, 11) is 0. The molecule has 6 heteroatoms. The molecule has 0 saturated carbocycles. The van der Waals surface area contributed by atoms with Gasteiger partial charge < -0.3 is 11.1 Å². The van der Waals surface area contributed by atoms with Crippen LogP contribution in [0.5, 0.6) is 0 Å². The molecule has 0 aliphatic carbocycles. The lowest BCUT2D eigenvalue weighted by Crippen LogP contribution is -2.28. The van der Waals surface area contributed by atoms with Crippen molar-refractivity contribution in [3.05, 3.63) is 29.8 Å². The number of hydrogen-bond acceptors (Lipinski definition) is 3. The van der Waals surface area contributed by atoms with Crippen LogP contribution in [0.15, 0.2) is 29.2 Å². The van der Waals surface area contributed by atoms with E-state index in [1.165, 1.54) is 12.1 Å². The summed E-state index contributed by atoms with van der Waals surface area (Å²) in [5, 5.41) is 3.16. The zero-order valence-corrected chi connectivity index (χ0v) is 11.0. The maximum absolute atomic E-state index is 12.2. The molecular formula is C13H15F3N2S. The highest BCUT2D eigenvalue weighted by Gasteiger charge is 2.29. The third kappa shape index (κ3) is 6.01. The van der Waals surface area contributed by atoms with E-state index in [2.05, 4.69) is 11.2 Å². The van der Waals surface area contributed by atoms with Gasteiger partial charge in [0.15, 0.2) is 0 Å². The lowest BCUT2D eigenvalue weighted by atomic mass is 10.1. The second kappa shape index (κ2) is 7.43. The lowest BCUT2D eigenvalue weighted by molar-refractivity contribution is -0.0328. The van der Waals surface area contributed by atoms with Crippen molar-refractivity contribution in [2.45, 2.75) is 22.9 Å². The summed E-state index contributed by atoms with van der Waals surface area (Å²) in [6.45, 7) is 0.980. The first kappa shape index (κ1) is 15.9. The molecule has 0 bridgehead atoms. The van der Waals surface area contributed by atoms with Gasteiger partial charge in [0.05, 0.1) is 0 Å². The maximum Gasteiger partial charge on any atom is 0.446 e. The van der Waals surface area contributed by atoms with E-state index in [4.69, 9.17) is 12.2 Å². The topological polar surface area (TPSA) is 38.0 Å². The molecule has 0 aliphatic rings. The summed E-state index contributed by atoms with van der Waals surface area (Å²) < 4.78 is 36.6. The van der Waals surface area contributed by atoms with Gasteiger partial charge in [0, 0.05) is 30.4 Å². The Balaban J connectivity index is 2.65. The summed E-state index contributed by atoms with van der Waals surface area (Å²) in [5.41, 5.74) is 2.22. The molecule has 2 nitrogen and oxygen atoms in total. The normalized spacial score (nSPS) is 13.0. The Bertz CT molecular complexity index is 423. The number of nitrogens with one attached hydrogen (secondary N) is 1. The molecule has 0 amide bonds. The Labute approximate surface area is 114 Å². The van der Waals surface area contributed by atoms with E-state index in [0.717, 1.165) is 5.56 Å². The van der Waals surface area contributed by atoms with Crippen LogP contribution >= 0.6 is 11.8 Å². The minimum atomic E-state index is -4.26. The minimum absolute atomic E-state index is 0.0988. The molecule has 0 spiro atoms. The SMILES string of the molecule is C#CCCNC(CN)c1ccc(SC(F)(F)F)cc1. The number of alkyl halides is 3. The largest absolute Gasteiger partial charge is 0.446 e. The number of terminal acetylenes is 1. The van der Waals surface area contributed by atoms with Crippen molar-refractivity contribution in [3.8, 4) is 12.3 Å².